The van der Waals surface area contributed by atoms with Crippen molar-refractivity contribution in [3.63, 3.8) is 0 Å². The van der Waals surface area contributed by atoms with Crippen molar-refractivity contribution in [3.8, 4) is 11.3 Å². The van der Waals surface area contributed by atoms with Crippen molar-refractivity contribution in [2.24, 2.45) is 0 Å². The van der Waals surface area contributed by atoms with Gasteiger partial charge in [0, 0.05) is 37.1 Å². The number of aromatic nitrogens is 1. The molecule has 0 N–H and O–H groups in total. The number of pyridine rings is 1. The molecule has 0 bridgehead atoms. The zero-order valence-corrected chi connectivity index (χ0v) is 27.5. The summed E-state index contributed by atoms with van der Waals surface area (Å²) in [6, 6.07) is 36.3. The fourth-order valence-corrected chi connectivity index (χ4v) is 5.18. The molecule has 5 aromatic rings. The Labute approximate surface area is 253 Å². The minimum Gasteiger partial charge on any atom is -0.673 e. The molecular weight excluding hydrogens is 639 g/mol. The standard InChI is InChI=1S/C35H35N2.CH3.Hf/c1-23(2)27-18-11-19-28(24(3)4)34(27)37-35(29-16-8-6-13-25(29)5)33-22-12-21-32(36-33)31-20-10-15-26-14-7-9-17-30(26)31;;/h6-24,35H,1-5H3;1H3;/q2*-1;. The van der Waals surface area contributed by atoms with Gasteiger partial charge in [0.05, 0.1) is 5.69 Å². The van der Waals surface area contributed by atoms with Crippen LogP contribution in [-0.2, 0) is 25.8 Å². The van der Waals surface area contributed by atoms with Gasteiger partial charge < -0.3 is 12.7 Å². The summed E-state index contributed by atoms with van der Waals surface area (Å²) in [4.78, 5) is 5.26. The largest absolute Gasteiger partial charge is 0.673 e. The molecule has 0 aliphatic carbocycles. The molecule has 0 radical (unpaired) electrons. The first-order valence-electron chi connectivity index (χ1n) is 13.3. The van der Waals surface area contributed by atoms with Gasteiger partial charge in [-0.3, -0.25) is 4.98 Å². The van der Waals surface area contributed by atoms with E-state index in [1.165, 1.54) is 33.0 Å². The molecule has 0 spiro atoms. The van der Waals surface area contributed by atoms with Crippen LogP contribution in [0.4, 0.5) is 5.69 Å². The van der Waals surface area contributed by atoms with Gasteiger partial charge >= 0.3 is 0 Å². The van der Waals surface area contributed by atoms with Crippen LogP contribution < -0.4 is 0 Å². The SMILES string of the molecule is Cc1ccccc1C([N-]c1c(C(C)C)cccc1C(C)C)c1cccc(-c2cccc3ccccc23)n1.[CH3-].[Hf]. The van der Waals surface area contributed by atoms with Crippen LogP contribution in [-0.4, -0.2) is 4.98 Å². The molecule has 0 fully saturated rings. The van der Waals surface area contributed by atoms with Crippen LogP contribution in [0.3, 0.4) is 0 Å². The van der Waals surface area contributed by atoms with E-state index in [1.54, 1.807) is 0 Å². The Balaban J connectivity index is 0.00000210. The van der Waals surface area contributed by atoms with Crippen LogP contribution in [0.25, 0.3) is 27.3 Å². The van der Waals surface area contributed by atoms with E-state index in [-0.39, 0.29) is 39.3 Å². The van der Waals surface area contributed by atoms with E-state index in [1.807, 2.05) is 0 Å². The fraction of sp³-hybridized carbons (Fsp3) is 0.222. The van der Waals surface area contributed by atoms with Crippen molar-refractivity contribution < 1.29 is 25.8 Å². The summed E-state index contributed by atoms with van der Waals surface area (Å²) in [5, 5.41) is 7.97. The zero-order chi connectivity index (χ0) is 25.9. The van der Waals surface area contributed by atoms with Gasteiger partial charge in [-0.15, -0.1) is 5.69 Å². The Hall–Kier alpha value is -3.04. The second-order valence-electron chi connectivity index (χ2n) is 10.5. The van der Waals surface area contributed by atoms with E-state index in [2.05, 4.69) is 138 Å². The van der Waals surface area contributed by atoms with Crippen molar-refractivity contribution in [2.75, 3.05) is 0 Å². The topological polar surface area (TPSA) is 27.0 Å². The molecule has 39 heavy (non-hydrogen) atoms. The van der Waals surface area contributed by atoms with E-state index in [9.17, 15) is 0 Å². The molecule has 0 saturated heterocycles. The molecule has 5 rings (SSSR count). The summed E-state index contributed by atoms with van der Waals surface area (Å²) < 4.78 is 0. The van der Waals surface area contributed by atoms with E-state index in [4.69, 9.17) is 10.3 Å². The first kappa shape index (κ1) is 30.5. The number of fused-ring (bicyclic) bond motifs is 1. The van der Waals surface area contributed by atoms with Crippen molar-refractivity contribution >= 4 is 16.5 Å². The molecule has 2 nitrogen and oxygen atoms in total. The molecule has 0 amide bonds. The van der Waals surface area contributed by atoms with Crippen molar-refractivity contribution in [2.45, 2.75) is 52.5 Å². The molecule has 198 valence electrons. The van der Waals surface area contributed by atoms with Crippen LogP contribution in [0.1, 0.15) is 73.5 Å². The molecule has 1 unspecified atom stereocenters. The molecule has 1 heterocycles. The van der Waals surface area contributed by atoms with Gasteiger partial charge in [0.15, 0.2) is 0 Å². The van der Waals surface area contributed by atoms with Crippen LogP contribution in [0.2, 0.25) is 0 Å². The number of nitrogens with zero attached hydrogens (tertiary/aromatic N) is 2. The van der Waals surface area contributed by atoms with Crippen molar-refractivity contribution in [3.05, 3.63) is 144 Å². The Morgan fingerprint density at radius 1 is 0.615 bits per heavy atom. The van der Waals surface area contributed by atoms with E-state index in [0.29, 0.717) is 11.8 Å². The maximum Gasteiger partial charge on any atom is 0.0711 e. The quantitative estimate of drug-likeness (QED) is 0.124. The van der Waals surface area contributed by atoms with Gasteiger partial charge in [-0.05, 0) is 53.3 Å². The summed E-state index contributed by atoms with van der Waals surface area (Å²) in [6.07, 6.45) is 0. The third kappa shape index (κ3) is 6.41. The monoisotopic (exact) mass is 678 g/mol. The Morgan fingerprint density at radius 2 is 1.18 bits per heavy atom. The first-order valence-corrected chi connectivity index (χ1v) is 13.3. The molecule has 3 heteroatoms. The van der Waals surface area contributed by atoms with Gasteiger partial charge in [0.1, 0.15) is 0 Å². The number of hydrogen-bond donors (Lipinski definition) is 0. The Bertz CT molecular complexity index is 1510. The first-order chi connectivity index (χ1) is 17.9. The molecular formula is C36H38HfN2-2. The number of hydrogen-bond acceptors (Lipinski definition) is 1. The summed E-state index contributed by atoms with van der Waals surface area (Å²) in [5.74, 6) is 0.759. The van der Waals surface area contributed by atoms with E-state index < -0.39 is 0 Å². The van der Waals surface area contributed by atoms with E-state index >= 15 is 0 Å². The third-order valence-electron chi connectivity index (χ3n) is 7.20. The predicted molar refractivity (Wildman–Crippen MR) is 164 cm³/mol. The van der Waals surface area contributed by atoms with Crippen molar-refractivity contribution in [1.29, 1.82) is 0 Å². The van der Waals surface area contributed by atoms with Gasteiger partial charge in [0.25, 0.3) is 0 Å². The Kier molecular flexibility index (Phi) is 10.4. The summed E-state index contributed by atoms with van der Waals surface area (Å²) >= 11 is 0. The van der Waals surface area contributed by atoms with Gasteiger partial charge in [-0.2, -0.15) is 0 Å². The molecule has 0 saturated carbocycles. The van der Waals surface area contributed by atoms with Gasteiger partial charge in [-0.1, -0.05) is 135 Å². The summed E-state index contributed by atoms with van der Waals surface area (Å²) in [6.45, 7) is 11.2. The molecule has 0 aliphatic heterocycles. The van der Waals surface area contributed by atoms with E-state index in [0.717, 1.165) is 22.6 Å². The molecule has 4 aromatic carbocycles. The predicted octanol–water partition coefficient (Wildman–Crippen LogP) is 10.7. The second-order valence-corrected chi connectivity index (χ2v) is 10.5. The maximum absolute atomic E-state index is 5.54. The fourth-order valence-electron chi connectivity index (χ4n) is 5.18. The van der Waals surface area contributed by atoms with Gasteiger partial charge in [-0.25, -0.2) is 0 Å². The summed E-state index contributed by atoms with van der Waals surface area (Å²) in [7, 11) is 0. The van der Waals surface area contributed by atoms with Crippen LogP contribution >= 0.6 is 0 Å². The average molecular weight is 677 g/mol. The van der Waals surface area contributed by atoms with Crippen molar-refractivity contribution in [1.82, 2.24) is 4.98 Å². The molecule has 0 aliphatic rings. The molecule has 1 atom stereocenters. The molecule has 1 aromatic heterocycles. The Morgan fingerprint density at radius 3 is 1.87 bits per heavy atom. The van der Waals surface area contributed by atoms with Crippen LogP contribution in [0.15, 0.2) is 103 Å². The van der Waals surface area contributed by atoms with Crippen LogP contribution in [0.5, 0.6) is 0 Å². The number of para-hydroxylation sites is 1. The number of benzene rings is 4. The zero-order valence-electron chi connectivity index (χ0n) is 23.9. The number of rotatable bonds is 7. The third-order valence-corrected chi connectivity index (χ3v) is 7.20. The van der Waals surface area contributed by atoms with Crippen LogP contribution in [0, 0.1) is 14.4 Å². The minimum atomic E-state index is -0.200. The normalized spacial score (nSPS) is 11.7. The number of aryl methyl sites for hydroxylation is 1. The maximum atomic E-state index is 5.54. The van der Waals surface area contributed by atoms with Gasteiger partial charge in [0.2, 0.25) is 0 Å². The second kappa shape index (κ2) is 13.3. The summed E-state index contributed by atoms with van der Waals surface area (Å²) in [5.41, 5.74) is 9.19. The minimum absolute atomic E-state index is 0. The smallest absolute Gasteiger partial charge is 0.0711 e. The average Bonchev–Trinajstić information content (AvgIpc) is 2.91.